The molecule has 1 aliphatic carbocycles. The third kappa shape index (κ3) is 3.92. The minimum absolute atomic E-state index is 0.00303. The summed E-state index contributed by atoms with van der Waals surface area (Å²) in [6.45, 7) is 3.79. The van der Waals surface area contributed by atoms with Gasteiger partial charge in [0.1, 0.15) is 11.5 Å². The Balaban J connectivity index is 2.03. The van der Waals surface area contributed by atoms with Gasteiger partial charge >= 0.3 is 5.97 Å². The van der Waals surface area contributed by atoms with Gasteiger partial charge in [0.05, 0.1) is 7.11 Å². The highest BCUT2D eigenvalue weighted by Crippen LogP contribution is 2.46. The number of carbonyl (C=O) groups excluding carboxylic acids is 1. The summed E-state index contributed by atoms with van der Waals surface area (Å²) in [6.07, 6.45) is 6.05. The highest BCUT2D eigenvalue weighted by atomic mass is 16.5. The van der Waals surface area contributed by atoms with Crippen molar-refractivity contribution < 1.29 is 14.3 Å². The first kappa shape index (κ1) is 18.5. The molecule has 0 saturated heterocycles. The lowest BCUT2D eigenvalue weighted by molar-refractivity contribution is -0.131. The molecule has 0 aliphatic heterocycles. The van der Waals surface area contributed by atoms with Crippen molar-refractivity contribution in [1.82, 2.24) is 0 Å². The van der Waals surface area contributed by atoms with Crippen molar-refractivity contribution in [2.75, 3.05) is 7.11 Å². The van der Waals surface area contributed by atoms with Crippen LogP contribution in [0.5, 0.6) is 11.5 Å². The van der Waals surface area contributed by atoms with Crippen LogP contribution in [0.4, 0.5) is 0 Å². The zero-order chi connectivity index (χ0) is 18.6. The molecular weight excluding hydrogens is 324 g/mol. The number of hydrogen-bond acceptors (Lipinski definition) is 3. The zero-order valence-corrected chi connectivity index (χ0v) is 16.0. The van der Waals surface area contributed by atoms with Gasteiger partial charge in [0.2, 0.25) is 0 Å². The van der Waals surface area contributed by atoms with Gasteiger partial charge in [-0.3, -0.25) is 4.79 Å². The quantitative estimate of drug-likeness (QED) is 0.414. The third-order valence-electron chi connectivity index (χ3n) is 5.56. The van der Waals surface area contributed by atoms with Crippen molar-refractivity contribution in [3.63, 3.8) is 0 Å². The molecule has 1 aliphatic rings. The normalized spacial score (nSPS) is 23.1. The monoisotopic (exact) mass is 352 g/mol. The Morgan fingerprint density at radius 1 is 0.962 bits per heavy atom. The van der Waals surface area contributed by atoms with Crippen LogP contribution in [0.3, 0.4) is 0 Å². The summed E-state index contributed by atoms with van der Waals surface area (Å²) in [5.41, 5.74) is 2.64. The maximum Gasteiger partial charge on any atom is 0.308 e. The average Bonchev–Trinajstić information content (AvgIpc) is 2.84. The second-order valence-corrected chi connectivity index (χ2v) is 7.48. The average molecular weight is 352 g/mol. The molecule has 26 heavy (non-hydrogen) atoms. The lowest BCUT2D eigenvalue weighted by Gasteiger charge is -2.36. The van der Waals surface area contributed by atoms with Gasteiger partial charge in [-0.05, 0) is 54.2 Å². The smallest absolute Gasteiger partial charge is 0.308 e. The molecule has 0 heterocycles. The van der Waals surface area contributed by atoms with Gasteiger partial charge in [-0.15, -0.1) is 0 Å². The maximum absolute atomic E-state index is 11.2. The van der Waals surface area contributed by atoms with Crippen LogP contribution in [-0.4, -0.2) is 13.1 Å². The van der Waals surface area contributed by atoms with Crippen molar-refractivity contribution >= 4 is 5.97 Å². The lowest BCUT2D eigenvalue weighted by atomic mass is 9.68. The maximum atomic E-state index is 11.2. The SMILES string of the molecule is COc1ccc(C2(c3ccc(OC(C)=O)cc3)CCCCC(C)C2)cc1. The molecule has 0 spiro atoms. The summed E-state index contributed by atoms with van der Waals surface area (Å²) in [5, 5.41) is 0. The van der Waals surface area contributed by atoms with E-state index >= 15 is 0 Å². The fourth-order valence-corrected chi connectivity index (χ4v) is 4.33. The number of hydrogen-bond donors (Lipinski definition) is 0. The summed E-state index contributed by atoms with van der Waals surface area (Å²) in [5.74, 6) is 1.88. The largest absolute Gasteiger partial charge is 0.497 e. The first-order chi connectivity index (χ1) is 12.5. The number of ether oxygens (including phenoxy) is 2. The van der Waals surface area contributed by atoms with Crippen LogP contribution in [0, 0.1) is 5.92 Å². The summed E-state index contributed by atoms with van der Waals surface area (Å²) in [4.78, 5) is 11.2. The second-order valence-electron chi connectivity index (χ2n) is 7.48. The Labute approximate surface area is 156 Å². The van der Waals surface area contributed by atoms with E-state index < -0.39 is 0 Å². The molecule has 0 amide bonds. The second kappa shape index (κ2) is 7.94. The first-order valence-electron chi connectivity index (χ1n) is 9.47. The minimum Gasteiger partial charge on any atom is -0.497 e. The van der Waals surface area contributed by atoms with Crippen molar-refractivity contribution in [2.24, 2.45) is 5.92 Å². The van der Waals surface area contributed by atoms with Crippen LogP contribution >= 0.6 is 0 Å². The van der Waals surface area contributed by atoms with Crippen LogP contribution in [0.25, 0.3) is 0 Å². The van der Waals surface area contributed by atoms with Gasteiger partial charge in [-0.2, -0.15) is 0 Å². The Bertz CT molecular complexity index is 733. The van der Waals surface area contributed by atoms with E-state index in [-0.39, 0.29) is 11.4 Å². The Morgan fingerprint density at radius 2 is 1.54 bits per heavy atom. The van der Waals surface area contributed by atoms with E-state index in [0.29, 0.717) is 11.7 Å². The highest BCUT2D eigenvalue weighted by molar-refractivity contribution is 5.69. The Hall–Kier alpha value is -2.29. The van der Waals surface area contributed by atoms with Crippen LogP contribution in [0.1, 0.15) is 57.1 Å². The van der Waals surface area contributed by atoms with Crippen molar-refractivity contribution in [2.45, 2.75) is 51.4 Å². The fourth-order valence-electron chi connectivity index (χ4n) is 4.33. The summed E-state index contributed by atoms with van der Waals surface area (Å²) in [6, 6.07) is 16.6. The van der Waals surface area contributed by atoms with Crippen LogP contribution in [0.2, 0.25) is 0 Å². The van der Waals surface area contributed by atoms with Gasteiger partial charge in [0, 0.05) is 12.3 Å². The molecule has 2 aromatic carbocycles. The number of rotatable bonds is 4. The fraction of sp³-hybridized carbons (Fsp3) is 0.435. The highest BCUT2D eigenvalue weighted by Gasteiger charge is 2.37. The summed E-state index contributed by atoms with van der Waals surface area (Å²) in [7, 11) is 1.70. The van der Waals surface area contributed by atoms with Gasteiger partial charge in [0.15, 0.2) is 0 Å². The standard InChI is InChI=1S/C23H28O3/c1-17-6-4-5-15-23(16-17,19-7-11-21(25-3)12-8-19)20-9-13-22(14-10-20)26-18(2)24/h7-14,17H,4-6,15-16H2,1-3H3. The molecule has 0 radical (unpaired) electrons. The van der Waals surface area contributed by atoms with E-state index in [1.807, 2.05) is 12.1 Å². The molecule has 1 fully saturated rings. The number of methoxy groups -OCH3 is 1. The molecule has 0 aromatic heterocycles. The van der Waals surface area contributed by atoms with E-state index in [2.05, 4.69) is 43.3 Å². The summed E-state index contributed by atoms with van der Waals surface area (Å²) >= 11 is 0. The molecule has 138 valence electrons. The van der Waals surface area contributed by atoms with E-state index in [4.69, 9.17) is 9.47 Å². The molecule has 3 heteroatoms. The van der Waals surface area contributed by atoms with E-state index in [1.165, 1.54) is 37.3 Å². The Kier molecular flexibility index (Phi) is 5.65. The van der Waals surface area contributed by atoms with Crippen LogP contribution in [0.15, 0.2) is 48.5 Å². The van der Waals surface area contributed by atoms with Gasteiger partial charge in [-0.1, -0.05) is 50.5 Å². The van der Waals surface area contributed by atoms with E-state index in [0.717, 1.165) is 18.6 Å². The summed E-state index contributed by atoms with van der Waals surface area (Å²) < 4.78 is 10.6. The minimum atomic E-state index is -0.286. The Morgan fingerprint density at radius 3 is 2.08 bits per heavy atom. The molecule has 1 saturated carbocycles. The van der Waals surface area contributed by atoms with Gasteiger partial charge in [0.25, 0.3) is 0 Å². The van der Waals surface area contributed by atoms with Crippen molar-refractivity contribution in [1.29, 1.82) is 0 Å². The van der Waals surface area contributed by atoms with Crippen LogP contribution in [-0.2, 0) is 10.2 Å². The molecule has 3 nitrogen and oxygen atoms in total. The third-order valence-corrected chi connectivity index (χ3v) is 5.56. The first-order valence-corrected chi connectivity index (χ1v) is 9.47. The number of carbonyl (C=O) groups is 1. The lowest BCUT2D eigenvalue weighted by Crippen LogP contribution is -2.29. The van der Waals surface area contributed by atoms with E-state index in [9.17, 15) is 4.79 Å². The number of esters is 1. The molecule has 2 atom stereocenters. The van der Waals surface area contributed by atoms with Crippen LogP contribution < -0.4 is 9.47 Å². The molecule has 2 aromatic rings. The number of benzene rings is 2. The predicted molar refractivity (Wildman–Crippen MR) is 104 cm³/mol. The predicted octanol–water partition coefficient (Wildman–Crippen LogP) is 5.51. The van der Waals surface area contributed by atoms with E-state index in [1.54, 1.807) is 7.11 Å². The molecule has 0 N–H and O–H groups in total. The zero-order valence-electron chi connectivity index (χ0n) is 16.0. The molecular formula is C23H28O3. The van der Waals surface area contributed by atoms with Crippen molar-refractivity contribution in [3.05, 3.63) is 59.7 Å². The van der Waals surface area contributed by atoms with Gasteiger partial charge < -0.3 is 9.47 Å². The topological polar surface area (TPSA) is 35.5 Å². The molecule has 2 unspecified atom stereocenters. The van der Waals surface area contributed by atoms with Crippen molar-refractivity contribution in [3.8, 4) is 11.5 Å². The molecule has 3 rings (SSSR count). The molecule has 0 bridgehead atoms. The van der Waals surface area contributed by atoms with Gasteiger partial charge in [-0.25, -0.2) is 0 Å².